The summed E-state index contributed by atoms with van der Waals surface area (Å²) in [6.45, 7) is 11.2. The van der Waals surface area contributed by atoms with Crippen LogP contribution in [0.15, 0.2) is 22.7 Å². The van der Waals surface area contributed by atoms with Gasteiger partial charge in [0, 0.05) is 24.1 Å². The zero-order valence-electron chi connectivity index (χ0n) is 12.3. The van der Waals surface area contributed by atoms with E-state index in [2.05, 4.69) is 58.2 Å². The molecule has 0 bridgehead atoms. The summed E-state index contributed by atoms with van der Waals surface area (Å²) < 4.78 is 1.08. The molecule has 0 aliphatic carbocycles. The van der Waals surface area contributed by atoms with Crippen LogP contribution in [0.3, 0.4) is 0 Å². The van der Waals surface area contributed by atoms with E-state index in [4.69, 9.17) is 0 Å². The summed E-state index contributed by atoms with van der Waals surface area (Å²) in [6.07, 6.45) is 0. The highest BCUT2D eigenvalue weighted by Crippen LogP contribution is 2.28. The van der Waals surface area contributed by atoms with E-state index in [0.29, 0.717) is 6.54 Å². The van der Waals surface area contributed by atoms with Gasteiger partial charge >= 0.3 is 0 Å². The van der Waals surface area contributed by atoms with E-state index in [1.54, 1.807) is 0 Å². The van der Waals surface area contributed by atoms with Gasteiger partial charge in [-0.3, -0.25) is 0 Å². The molecular weight excluding hydrogens is 304 g/mol. The molecule has 0 unspecified atom stereocenters. The smallest absolute Gasteiger partial charge is 0.0765 e. The standard InChI is InChI=1S/C15H25BrN2O/c1-5-17-10-12-7-8-14(13(16)9-12)18(6-2)11-15(3,4)19/h7-9,17,19H,5-6,10-11H2,1-4H3. The lowest BCUT2D eigenvalue weighted by molar-refractivity contribution is 0.0875. The van der Waals surface area contributed by atoms with Crippen LogP contribution in [-0.4, -0.2) is 30.3 Å². The van der Waals surface area contributed by atoms with Crippen LogP contribution in [0.2, 0.25) is 0 Å². The molecule has 0 heterocycles. The Balaban J connectivity index is 2.87. The summed E-state index contributed by atoms with van der Waals surface area (Å²) >= 11 is 3.64. The third-order valence-corrected chi connectivity index (χ3v) is 3.53. The molecule has 4 heteroatoms. The number of anilines is 1. The molecule has 19 heavy (non-hydrogen) atoms. The number of benzene rings is 1. The van der Waals surface area contributed by atoms with E-state index in [1.807, 2.05) is 13.8 Å². The van der Waals surface area contributed by atoms with Gasteiger partial charge in [-0.05, 0) is 60.9 Å². The van der Waals surface area contributed by atoms with Gasteiger partial charge in [0.15, 0.2) is 0 Å². The van der Waals surface area contributed by atoms with Crippen LogP contribution < -0.4 is 10.2 Å². The molecular formula is C15H25BrN2O. The van der Waals surface area contributed by atoms with Crippen molar-refractivity contribution in [3.05, 3.63) is 28.2 Å². The Morgan fingerprint density at radius 2 is 2.00 bits per heavy atom. The zero-order valence-corrected chi connectivity index (χ0v) is 13.9. The maximum Gasteiger partial charge on any atom is 0.0765 e. The third kappa shape index (κ3) is 5.51. The Morgan fingerprint density at radius 1 is 1.32 bits per heavy atom. The summed E-state index contributed by atoms with van der Waals surface area (Å²) in [5.74, 6) is 0. The molecule has 1 aromatic carbocycles. The number of halogens is 1. The molecule has 1 rings (SSSR count). The highest BCUT2D eigenvalue weighted by Gasteiger charge is 2.19. The Bertz CT molecular complexity index is 402. The van der Waals surface area contributed by atoms with Crippen LogP contribution >= 0.6 is 15.9 Å². The van der Waals surface area contributed by atoms with E-state index >= 15 is 0 Å². The predicted molar refractivity (Wildman–Crippen MR) is 85.7 cm³/mol. The van der Waals surface area contributed by atoms with Gasteiger partial charge in [-0.2, -0.15) is 0 Å². The van der Waals surface area contributed by atoms with Gasteiger partial charge in [-0.25, -0.2) is 0 Å². The second-order valence-electron chi connectivity index (χ2n) is 5.39. The van der Waals surface area contributed by atoms with Gasteiger partial charge in [0.1, 0.15) is 0 Å². The molecule has 0 aliphatic rings. The number of likely N-dealkylation sites (N-methyl/N-ethyl adjacent to an activating group) is 1. The van der Waals surface area contributed by atoms with Crippen LogP contribution in [0.5, 0.6) is 0 Å². The Kier molecular flexibility index (Phi) is 6.30. The number of aliphatic hydroxyl groups is 1. The summed E-state index contributed by atoms with van der Waals surface area (Å²) in [5, 5.41) is 13.3. The average Bonchev–Trinajstić information content (AvgIpc) is 2.33. The number of hydrogen-bond donors (Lipinski definition) is 2. The summed E-state index contributed by atoms with van der Waals surface area (Å²) in [6, 6.07) is 6.40. The van der Waals surface area contributed by atoms with E-state index in [-0.39, 0.29) is 0 Å². The van der Waals surface area contributed by atoms with E-state index in [1.165, 1.54) is 5.56 Å². The van der Waals surface area contributed by atoms with Crippen LogP contribution in [0.4, 0.5) is 5.69 Å². The van der Waals surface area contributed by atoms with Crippen LogP contribution in [0.25, 0.3) is 0 Å². The lowest BCUT2D eigenvalue weighted by Gasteiger charge is -2.30. The molecule has 0 spiro atoms. The van der Waals surface area contributed by atoms with Crippen LogP contribution in [0, 0.1) is 0 Å². The van der Waals surface area contributed by atoms with Gasteiger partial charge in [-0.1, -0.05) is 13.0 Å². The van der Waals surface area contributed by atoms with Crippen molar-refractivity contribution in [2.75, 3.05) is 24.5 Å². The van der Waals surface area contributed by atoms with Crippen molar-refractivity contribution in [1.29, 1.82) is 0 Å². The minimum atomic E-state index is -0.697. The van der Waals surface area contributed by atoms with Gasteiger partial charge in [0.05, 0.1) is 11.3 Å². The first-order chi connectivity index (χ1) is 8.87. The van der Waals surface area contributed by atoms with Gasteiger partial charge in [-0.15, -0.1) is 0 Å². The van der Waals surface area contributed by atoms with Crippen LogP contribution in [-0.2, 0) is 6.54 Å². The average molecular weight is 329 g/mol. The molecule has 0 aliphatic heterocycles. The fourth-order valence-corrected chi connectivity index (χ4v) is 2.70. The maximum absolute atomic E-state index is 9.98. The van der Waals surface area contributed by atoms with Gasteiger partial charge < -0.3 is 15.3 Å². The first-order valence-electron chi connectivity index (χ1n) is 6.84. The topological polar surface area (TPSA) is 35.5 Å². The zero-order chi connectivity index (χ0) is 14.5. The fourth-order valence-electron chi connectivity index (χ4n) is 2.02. The molecule has 0 aromatic heterocycles. The molecule has 0 saturated carbocycles. The molecule has 0 radical (unpaired) electrons. The molecule has 3 nitrogen and oxygen atoms in total. The molecule has 0 saturated heterocycles. The Morgan fingerprint density at radius 3 is 2.47 bits per heavy atom. The normalized spacial score (nSPS) is 11.7. The van der Waals surface area contributed by atoms with Crippen molar-refractivity contribution in [3.63, 3.8) is 0 Å². The van der Waals surface area contributed by atoms with Gasteiger partial charge in [0.2, 0.25) is 0 Å². The molecule has 0 amide bonds. The number of hydrogen-bond acceptors (Lipinski definition) is 3. The molecule has 1 aromatic rings. The van der Waals surface area contributed by atoms with Crippen molar-refractivity contribution >= 4 is 21.6 Å². The second kappa shape index (κ2) is 7.27. The molecule has 2 N–H and O–H groups in total. The van der Waals surface area contributed by atoms with E-state index in [9.17, 15) is 5.11 Å². The van der Waals surface area contributed by atoms with Gasteiger partial charge in [0.25, 0.3) is 0 Å². The van der Waals surface area contributed by atoms with Crippen LogP contribution in [0.1, 0.15) is 33.3 Å². The highest BCUT2D eigenvalue weighted by molar-refractivity contribution is 9.10. The lowest BCUT2D eigenvalue weighted by Crippen LogP contribution is -2.38. The quantitative estimate of drug-likeness (QED) is 0.807. The van der Waals surface area contributed by atoms with E-state index in [0.717, 1.165) is 29.8 Å². The molecule has 0 fully saturated rings. The Hall–Kier alpha value is -0.580. The number of rotatable bonds is 7. The summed E-state index contributed by atoms with van der Waals surface area (Å²) in [7, 11) is 0. The van der Waals surface area contributed by atoms with Crippen molar-refractivity contribution < 1.29 is 5.11 Å². The molecule has 108 valence electrons. The van der Waals surface area contributed by atoms with Crippen molar-refractivity contribution in [2.45, 2.75) is 39.8 Å². The van der Waals surface area contributed by atoms with Crippen molar-refractivity contribution in [1.82, 2.24) is 5.32 Å². The Labute approximate surface area is 125 Å². The molecule has 0 atom stereocenters. The first-order valence-corrected chi connectivity index (χ1v) is 7.63. The van der Waals surface area contributed by atoms with E-state index < -0.39 is 5.60 Å². The minimum Gasteiger partial charge on any atom is -0.389 e. The lowest BCUT2D eigenvalue weighted by atomic mass is 10.1. The summed E-state index contributed by atoms with van der Waals surface area (Å²) in [4.78, 5) is 2.18. The minimum absolute atomic E-state index is 0.620. The first kappa shape index (κ1) is 16.5. The monoisotopic (exact) mass is 328 g/mol. The van der Waals surface area contributed by atoms with Crippen molar-refractivity contribution in [3.8, 4) is 0 Å². The summed E-state index contributed by atoms with van der Waals surface area (Å²) in [5.41, 5.74) is 1.69. The number of nitrogens with one attached hydrogen (secondary N) is 1. The highest BCUT2D eigenvalue weighted by atomic mass is 79.9. The fraction of sp³-hybridized carbons (Fsp3) is 0.600. The van der Waals surface area contributed by atoms with Crippen molar-refractivity contribution in [2.24, 2.45) is 0 Å². The third-order valence-electron chi connectivity index (χ3n) is 2.89. The largest absolute Gasteiger partial charge is 0.389 e. The predicted octanol–water partition coefficient (Wildman–Crippen LogP) is 3.16. The maximum atomic E-state index is 9.98. The number of nitrogens with zero attached hydrogens (tertiary/aromatic N) is 1. The second-order valence-corrected chi connectivity index (χ2v) is 6.25. The SMILES string of the molecule is CCNCc1ccc(N(CC)CC(C)(C)O)c(Br)c1.